The lowest BCUT2D eigenvalue weighted by Gasteiger charge is -2.26. The van der Waals surface area contributed by atoms with Crippen molar-refractivity contribution in [3.63, 3.8) is 0 Å². The Labute approximate surface area is 351 Å². The van der Waals surface area contributed by atoms with E-state index in [4.69, 9.17) is 0 Å². The molecule has 0 aromatic heterocycles. The van der Waals surface area contributed by atoms with Crippen LogP contribution in [0.1, 0.15) is 16.4 Å². The monoisotopic (exact) mass is 737 g/mol. The molecule has 0 aliphatic heterocycles. The average Bonchev–Trinajstić information content (AvgIpc) is 3.37. The summed E-state index contributed by atoms with van der Waals surface area (Å²) < 4.78 is 115. The Morgan fingerprint density at radius 3 is 1.32 bits per heavy atom. The smallest absolute Gasteiger partial charge is 0.0645 e. The molecule has 0 aliphatic rings. The summed E-state index contributed by atoms with van der Waals surface area (Å²) in [5, 5.41) is 3.12. The van der Waals surface area contributed by atoms with Crippen LogP contribution in [0.4, 0.5) is 17.1 Å². The highest BCUT2D eigenvalue weighted by atomic mass is 15.1. The van der Waals surface area contributed by atoms with Gasteiger partial charge in [-0.05, 0) is 120 Å². The van der Waals surface area contributed by atoms with E-state index in [1.807, 2.05) is 140 Å². The van der Waals surface area contributed by atoms with E-state index in [1.165, 1.54) is 0 Å². The van der Waals surface area contributed by atoms with Crippen molar-refractivity contribution in [2.24, 2.45) is 0 Å². The van der Waals surface area contributed by atoms with Crippen LogP contribution >= 0.6 is 0 Å². The maximum atomic E-state index is 9.79. The van der Waals surface area contributed by atoms with Gasteiger partial charge in [-0.25, -0.2) is 0 Å². The van der Waals surface area contributed by atoms with Gasteiger partial charge in [0.1, 0.15) is 0 Å². The Kier molecular flexibility index (Phi) is 6.16. The molecule has 0 atom stereocenters. The summed E-state index contributed by atoms with van der Waals surface area (Å²) in [5.74, 6) is 0. The molecule has 0 fully saturated rings. The third-order valence-electron chi connectivity index (χ3n) is 10.1. The molecule has 0 spiro atoms. The van der Waals surface area contributed by atoms with Crippen molar-refractivity contribution in [2.75, 3.05) is 4.90 Å². The van der Waals surface area contributed by atoms with Gasteiger partial charge in [-0.2, -0.15) is 0 Å². The molecule has 0 amide bonds. The Balaban J connectivity index is 1.25. The van der Waals surface area contributed by atoms with Gasteiger partial charge in [0, 0.05) is 17.1 Å². The van der Waals surface area contributed by atoms with Crippen LogP contribution in [-0.4, -0.2) is 0 Å². The van der Waals surface area contributed by atoms with Gasteiger partial charge in [0.15, 0.2) is 0 Å². The van der Waals surface area contributed by atoms with Gasteiger partial charge >= 0.3 is 0 Å². The lowest BCUT2D eigenvalue weighted by Crippen LogP contribution is -2.09. The first kappa shape index (κ1) is 23.4. The summed E-state index contributed by atoms with van der Waals surface area (Å²) in [5.41, 5.74) is 2.45. The fourth-order valence-electron chi connectivity index (χ4n) is 7.21. The normalized spacial score (nSPS) is 14.1. The summed E-state index contributed by atoms with van der Waals surface area (Å²) in [6.45, 7) is 0. The van der Waals surface area contributed by atoms with Crippen molar-refractivity contribution >= 4 is 38.6 Å². The van der Waals surface area contributed by atoms with Gasteiger partial charge in [-0.15, -0.1) is 0 Å². The third-order valence-corrected chi connectivity index (χ3v) is 10.1. The minimum atomic E-state index is -0.675. The van der Waals surface area contributed by atoms with E-state index in [1.54, 1.807) is 24.3 Å². The zero-order chi connectivity index (χ0) is 48.4. The van der Waals surface area contributed by atoms with E-state index in [9.17, 15) is 16.4 Å². The number of benzene rings is 10. The second kappa shape index (κ2) is 15.0. The maximum absolute atomic E-state index is 9.79. The molecule has 0 saturated carbocycles. The van der Waals surface area contributed by atoms with E-state index >= 15 is 0 Å². The third kappa shape index (κ3) is 6.77. The van der Waals surface area contributed by atoms with Crippen molar-refractivity contribution in [1.82, 2.24) is 0 Å². The topological polar surface area (TPSA) is 3.24 Å². The largest absolute Gasteiger partial charge is 0.311 e. The average molecular weight is 738 g/mol. The van der Waals surface area contributed by atoms with Crippen molar-refractivity contribution in [1.29, 1.82) is 0 Å². The molecule has 0 bridgehead atoms. The molecule has 1 heteroatoms. The van der Waals surface area contributed by atoms with Crippen LogP contribution in [-0.2, 0) is 0 Å². The first-order valence-electron chi connectivity index (χ1n) is 24.6. The molecule has 10 aromatic carbocycles. The second-order valence-electron chi connectivity index (χ2n) is 13.6. The van der Waals surface area contributed by atoms with Gasteiger partial charge < -0.3 is 4.90 Å². The number of fused-ring (bicyclic) bond motifs is 2. The van der Waals surface area contributed by atoms with E-state index in [0.717, 1.165) is 37.7 Å². The summed E-state index contributed by atoms with van der Waals surface area (Å²) in [6, 6.07) is 42.8. The van der Waals surface area contributed by atoms with Crippen LogP contribution < -0.4 is 4.90 Å². The van der Waals surface area contributed by atoms with Gasteiger partial charge in [0.2, 0.25) is 0 Å². The molecule has 268 valence electrons. The van der Waals surface area contributed by atoms with Crippen molar-refractivity contribution in [3.05, 3.63) is 236 Å². The molecular formula is C56H39N. The zero-order valence-electron chi connectivity index (χ0n) is 42.5. The molecule has 0 heterocycles. The van der Waals surface area contributed by atoms with Crippen LogP contribution in [0.25, 0.3) is 77.2 Å². The Bertz CT molecular complexity index is 3600. The van der Waals surface area contributed by atoms with Gasteiger partial charge in [0.25, 0.3) is 0 Å². The summed E-state index contributed by atoms with van der Waals surface area (Å²) >= 11 is 0. The summed E-state index contributed by atoms with van der Waals surface area (Å²) in [7, 11) is 0. The van der Waals surface area contributed by atoms with E-state index in [0.29, 0.717) is 27.6 Å². The Hall–Kier alpha value is -7.48. The standard InChI is InChI=1S/C56H39N/c1-3-11-40(12-4-1)42-19-21-43(22-20-42)44-25-32-51(33-26-44)57(52-34-27-45(28-35-52)50-24-23-41-13-7-8-17-49(41)39-50)53-36-29-48(30-37-53)56-54-18-10-9-16-47(54)31-38-55(56)46-14-5-2-6-15-46/h1-39H/i25D,26D,27D,28D,29D,30D,32D,33D,34D,35D,36D,37D. The molecule has 10 rings (SSSR count). The number of rotatable bonds is 8. The molecule has 0 radical (unpaired) electrons. The van der Waals surface area contributed by atoms with Crippen LogP contribution in [0.2, 0.25) is 0 Å². The highest BCUT2D eigenvalue weighted by molar-refractivity contribution is 6.04. The summed E-state index contributed by atoms with van der Waals surface area (Å²) in [6.07, 6.45) is 0. The van der Waals surface area contributed by atoms with Gasteiger partial charge in [0.05, 0.1) is 16.4 Å². The van der Waals surface area contributed by atoms with Crippen LogP contribution in [0.5, 0.6) is 0 Å². The highest BCUT2D eigenvalue weighted by Gasteiger charge is 2.16. The molecule has 0 saturated heterocycles. The predicted octanol–water partition coefficient (Wildman–Crippen LogP) is 15.8. The maximum Gasteiger partial charge on any atom is 0.0645 e. The number of nitrogens with zero attached hydrogens (tertiary/aromatic N) is 1. The van der Waals surface area contributed by atoms with Gasteiger partial charge in [-0.1, -0.05) is 194 Å². The SMILES string of the molecule is [2H]c1c([2H])c(N(c2c([2H])c([2H])c(-c3ccc4ccccc4c3)c([2H])c2[2H])c2c([2H])c([2H])c(-c3c(-c4ccccc4)ccc4ccccc34)c([2H])c2[2H])c([2H])c([2H])c1-c1ccc(-c2ccccc2)cc1. The van der Waals surface area contributed by atoms with Crippen molar-refractivity contribution < 1.29 is 16.4 Å². The highest BCUT2D eigenvalue weighted by Crippen LogP contribution is 2.41. The number of hydrogen-bond donors (Lipinski definition) is 0. The molecule has 10 aromatic rings. The Morgan fingerprint density at radius 2 is 0.702 bits per heavy atom. The molecular weight excluding hydrogens is 687 g/mol. The minimum Gasteiger partial charge on any atom is -0.311 e. The van der Waals surface area contributed by atoms with Crippen LogP contribution in [0, 0.1) is 0 Å². The van der Waals surface area contributed by atoms with Crippen molar-refractivity contribution in [3.8, 4) is 55.6 Å². The quantitative estimate of drug-likeness (QED) is 0.150. The molecule has 1 nitrogen and oxygen atoms in total. The lowest BCUT2D eigenvalue weighted by molar-refractivity contribution is 1.28. The first-order valence-corrected chi connectivity index (χ1v) is 18.6. The fraction of sp³-hybridized carbons (Fsp3) is 0. The lowest BCUT2D eigenvalue weighted by atomic mass is 9.89. The van der Waals surface area contributed by atoms with E-state index in [-0.39, 0.29) is 16.7 Å². The molecule has 0 aliphatic carbocycles. The number of hydrogen-bond acceptors (Lipinski definition) is 1. The fourth-order valence-corrected chi connectivity index (χ4v) is 7.21. The van der Waals surface area contributed by atoms with Crippen molar-refractivity contribution in [2.45, 2.75) is 0 Å². The van der Waals surface area contributed by atoms with E-state index in [2.05, 4.69) is 0 Å². The number of anilines is 3. The van der Waals surface area contributed by atoms with E-state index < -0.39 is 89.6 Å². The van der Waals surface area contributed by atoms with Gasteiger partial charge in [-0.3, -0.25) is 0 Å². The first-order chi connectivity index (χ1) is 33.3. The minimum absolute atomic E-state index is 0.0485. The molecule has 0 unspecified atom stereocenters. The summed E-state index contributed by atoms with van der Waals surface area (Å²) in [4.78, 5) is 0.861. The molecule has 0 N–H and O–H groups in total. The van der Waals surface area contributed by atoms with Crippen LogP contribution in [0.3, 0.4) is 0 Å². The Morgan fingerprint density at radius 1 is 0.281 bits per heavy atom. The van der Waals surface area contributed by atoms with Crippen LogP contribution in [0.15, 0.2) is 236 Å². The zero-order valence-corrected chi connectivity index (χ0v) is 30.5. The second-order valence-corrected chi connectivity index (χ2v) is 13.6. The molecule has 57 heavy (non-hydrogen) atoms. The predicted molar refractivity (Wildman–Crippen MR) is 243 cm³/mol.